The lowest BCUT2D eigenvalue weighted by molar-refractivity contribution is 0.0767. The average Bonchev–Trinajstić information content (AvgIpc) is 3.68. The first kappa shape index (κ1) is 30.4. The van der Waals surface area contributed by atoms with Crippen LogP contribution in [0.3, 0.4) is 0 Å². The number of para-hydroxylation sites is 1. The zero-order valence-corrected chi connectivity index (χ0v) is 25.7. The number of hydrogen-bond donors (Lipinski definition) is 0. The maximum atomic E-state index is 15.1. The smallest absolute Gasteiger partial charge is 0.410 e. The summed E-state index contributed by atoms with van der Waals surface area (Å²) in [6, 6.07) is 16.7. The van der Waals surface area contributed by atoms with Gasteiger partial charge in [0.2, 0.25) is 0 Å². The number of likely N-dealkylation sites (tertiary alicyclic amines) is 1. The zero-order valence-electron chi connectivity index (χ0n) is 25.7. The minimum Gasteiger partial charge on any atom is -0.494 e. The van der Waals surface area contributed by atoms with Crippen molar-refractivity contribution in [2.75, 3.05) is 56.7 Å². The lowest BCUT2D eigenvalue weighted by atomic mass is 10.1. The predicted octanol–water partition coefficient (Wildman–Crippen LogP) is 4.36. The second kappa shape index (κ2) is 13.6. The fourth-order valence-corrected chi connectivity index (χ4v) is 6.40. The van der Waals surface area contributed by atoms with E-state index in [-0.39, 0.29) is 30.9 Å². The number of methoxy groups -OCH3 is 1. The molecule has 12 heteroatoms. The van der Waals surface area contributed by atoms with E-state index in [1.165, 1.54) is 13.2 Å². The summed E-state index contributed by atoms with van der Waals surface area (Å²) in [5.41, 5.74) is 2.88. The lowest BCUT2D eigenvalue weighted by Crippen LogP contribution is -2.55. The number of ether oxygens (including phenoxy) is 3. The van der Waals surface area contributed by atoms with Crippen LogP contribution in [0, 0.1) is 17.1 Å². The number of nitriles is 1. The molecular weight excluding hydrogens is 577 g/mol. The number of halogens is 1. The highest BCUT2D eigenvalue weighted by molar-refractivity contribution is 5.69. The summed E-state index contributed by atoms with van der Waals surface area (Å²) in [6.45, 7) is 3.59. The van der Waals surface area contributed by atoms with Gasteiger partial charge in [0.05, 0.1) is 37.9 Å². The number of fused-ring (bicyclic) bond motifs is 1. The van der Waals surface area contributed by atoms with E-state index in [1.807, 2.05) is 35.2 Å². The molecule has 2 aromatic carbocycles. The number of carbonyl (C=O) groups excluding carboxylic acids is 1. The molecule has 0 unspecified atom stereocenters. The van der Waals surface area contributed by atoms with Crippen LogP contribution >= 0.6 is 0 Å². The van der Waals surface area contributed by atoms with Crippen molar-refractivity contribution in [1.82, 2.24) is 19.8 Å². The van der Waals surface area contributed by atoms with Crippen LogP contribution in [0.15, 0.2) is 48.5 Å². The Hall–Kier alpha value is -4.63. The molecule has 236 valence electrons. The van der Waals surface area contributed by atoms with E-state index in [0.717, 1.165) is 36.2 Å². The van der Waals surface area contributed by atoms with Crippen molar-refractivity contribution in [2.45, 2.75) is 51.0 Å². The Kier molecular flexibility index (Phi) is 9.16. The van der Waals surface area contributed by atoms with Crippen molar-refractivity contribution < 1.29 is 23.4 Å². The molecule has 3 aliphatic rings. The van der Waals surface area contributed by atoms with Crippen molar-refractivity contribution in [2.24, 2.45) is 0 Å². The largest absolute Gasteiger partial charge is 0.494 e. The Balaban J connectivity index is 1.25. The molecule has 0 saturated carbocycles. The molecule has 0 bridgehead atoms. The fourth-order valence-electron chi connectivity index (χ4n) is 6.40. The third-order valence-electron chi connectivity index (χ3n) is 8.85. The van der Waals surface area contributed by atoms with Crippen LogP contribution in [0.4, 0.5) is 20.7 Å². The van der Waals surface area contributed by atoms with Crippen molar-refractivity contribution in [3.63, 3.8) is 0 Å². The maximum Gasteiger partial charge on any atom is 0.410 e. The number of likely N-dealkylation sites (N-methyl/N-ethyl adjacent to an activating group) is 1. The van der Waals surface area contributed by atoms with E-state index >= 15 is 4.39 Å². The van der Waals surface area contributed by atoms with Crippen LogP contribution in [0.1, 0.15) is 36.1 Å². The van der Waals surface area contributed by atoms with Gasteiger partial charge in [-0.3, -0.25) is 0 Å². The molecule has 1 amide bonds. The molecule has 0 spiro atoms. The first-order chi connectivity index (χ1) is 21.9. The second-order valence-electron chi connectivity index (χ2n) is 11.7. The summed E-state index contributed by atoms with van der Waals surface area (Å²) < 4.78 is 32.4. The third kappa shape index (κ3) is 6.59. The number of amides is 1. The van der Waals surface area contributed by atoms with Crippen molar-refractivity contribution in [3.8, 4) is 17.8 Å². The fraction of sp³-hybridized carbons (Fsp3) is 0.455. The second-order valence-corrected chi connectivity index (χ2v) is 11.7. The van der Waals surface area contributed by atoms with E-state index in [4.69, 9.17) is 24.2 Å². The summed E-state index contributed by atoms with van der Waals surface area (Å²) in [5, 5.41) is 9.66. The summed E-state index contributed by atoms with van der Waals surface area (Å²) >= 11 is 0. The Morgan fingerprint density at radius 1 is 1.04 bits per heavy atom. The molecule has 0 aliphatic carbocycles. The quantitative estimate of drug-likeness (QED) is 0.345. The average molecular weight is 616 g/mol. The van der Waals surface area contributed by atoms with Gasteiger partial charge in [-0.25, -0.2) is 9.18 Å². The molecule has 2 atom stereocenters. The number of anilines is 2. The molecule has 2 saturated heterocycles. The van der Waals surface area contributed by atoms with Crippen molar-refractivity contribution >= 4 is 17.6 Å². The van der Waals surface area contributed by atoms with Gasteiger partial charge in [-0.2, -0.15) is 15.2 Å². The molecule has 3 aliphatic heterocycles. The lowest BCUT2D eigenvalue weighted by Gasteiger charge is -2.41. The summed E-state index contributed by atoms with van der Waals surface area (Å²) in [4.78, 5) is 30.7. The van der Waals surface area contributed by atoms with Gasteiger partial charge in [0.15, 0.2) is 0 Å². The van der Waals surface area contributed by atoms with Crippen molar-refractivity contribution in [3.05, 3.63) is 71.2 Å². The molecule has 3 aromatic rings. The number of hydrogen-bond acceptors (Lipinski definition) is 10. The highest BCUT2D eigenvalue weighted by atomic mass is 19.1. The van der Waals surface area contributed by atoms with Gasteiger partial charge in [-0.15, -0.1) is 0 Å². The minimum absolute atomic E-state index is 0.139. The normalized spacial score (nSPS) is 19.7. The van der Waals surface area contributed by atoms with E-state index in [2.05, 4.69) is 22.9 Å². The number of nitrogens with zero attached hydrogens (tertiary/aromatic N) is 7. The predicted molar refractivity (Wildman–Crippen MR) is 166 cm³/mol. The highest BCUT2D eigenvalue weighted by Crippen LogP contribution is 2.40. The van der Waals surface area contributed by atoms with Gasteiger partial charge in [0, 0.05) is 37.8 Å². The van der Waals surface area contributed by atoms with Gasteiger partial charge < -0.3 is 33.8 Å². The van der Waals surface area contributed by atoms with Gasteiger partial charge in [0.1, 0.15) is 36.3 Å². The van der Waals surface area contributed by atoms with Gasteiger partial charge in [0.25, 0.3) is 0 Å². The summed E-state index contributed by atoms with van der Waals surface area (Å²) in [7, 11) is 3.62. The van der Waals surface area contributed by atoms with Crippen LogP contribution in [-0.4, -0.2) is 84.9 Å². The summed E-state index contributed by atoms with van der Waals surface area (Å²) in [6.07, 6.45) is 1.86. The Morgan fingerprint density at radius 3 is 2.64 bits per heavy atom. The molecule has 11 nitrogen and oxygen atoms in total. The Morgan fingerprint density at radius 2 is 1.89 bits per heavy atom. The van der Waals surface area contributed by atoms with Crippen LogP contribution in [0.2, 0.25) is 0 Å². The van der Waals surface area contributed by atoms with E-state index in [1.54, 1.807) is 17.0 Å². The number of benzene rings is 2. The van der Waals surface area contributed by atoms with Gasteiger partial charge in [-0.05, 0) is 44.1 Å². The first-order valence-electron chi connectivity index (χ1n) is 15.3. The van der Waals surface area contributed by atoms with E-state index in [0.29, 0.717) is 56.6 Å². The van der Waals surface area contributed by atoms with Crippen LogP contribution in [0.25, 0.3) is 0 Å². The van der Waals surface area contributed by atoms with Crippen LogP contribution in [-0.2, 0) is 24.4 Å². The third-order valence-corrected chi connectivity index (χ3v) is 8.85. The monoisotopic (exact) mass is 615 g/mol. The topological polar surface area (TPSA) is 107 Å². The Labute approximate surface area is 262 Å². The van der Waals surface area contributed by atoms with Crippen LogP contribution < -0.4 is 19.3 Å². The molecular formula is C33H38FN7O4. The Bertz CT molecular complexity index is 1550. The molecule has 2 fully saturated rings. The van der Waals surface area contributed by atoms with Crippen LogP contribution in [0.5, 0.6) is 11.8 Å². The maximum absolute atomic E-state index is 15.1. The number of rotatable bonds is 9. The zero-order chi connectivity index (χ0) is 31.3. The number of carbonyl (C=O) groups is 1. The highest BCUT2D eigenvalue weighted by Gasteiger charge is 2.36. The molecule has 6 rings (SSSR count). The molecule has 0 N–H and O–H groups in total. The standard InChI is InChI=1S/C33H38FN7O4/c1-38-15-7-10-25(38)22-44-32-36-28-20-40(30-27(34)11-6-12-29(30)43-2)19-26(28)31(37-32)39-16-17-41(24(18-39)13-14-35)33(42)45-21-23-8-4-3-5-9-23/h3-6,8-9,11-12,24-25H,7,10,13,15-22H2,1-2H3/t24-,25-/m0/s1. The minimum atomic E-state index is -0.450. The number of aromatic nitrogens is 2. The molecule has 0 radical (unpaired) electrons. The molecule has 1 aromatic heterocycles. The van der Waals surface area contributed by atoms with Gasteiger partial charge >= 0.3 is 12.1 Å². The summed E-state index contributed by atoms with van der Waals surface area (Å²) in [5.74, 6) is 0.733. The first-order valence-corrected chi connectivity index (χ1v) is 15.3. The molecule has 4 heterocycles. The SMILES string of the molecule is COc1cccc(F)c1N1Cc2nc(OC[C@@H]3CCCN3C)nc(N3CCN(C(=O)OCc4ccccc4)[C@@H](CC#N)C3)c2C1. The van der Waals surface area contributed by atoms with Gasteiger partial charge in [-0.1, -0.05) is 36.4 Å². The van der Waals surface area contributed by atoms with E-state index < -0.39 is 12.1 Å². The van der Waals surface area contributed by atoms with E-state index in [9.17, 15) is 10.1 Å². The number of piperazine rings is 1. The van der Waals surface area contributed by atoms with Crippen molar-refractivity contribution in [1.29, 1.82) is 5.26 Å². The molecule has 45 heavy (non-hydrogen) atoms.